The van der Waals surface area contributed by atoms with Gasteiger partial charge in [0, 0.05) is 27.8 Å². The number of allylic oxidation sites excluding steroid dienone is 1. The Morgan fingerprint density at radius 1 is 1.33 bits per heavy atom. The van der Waals surface area contributed by atoms with Gasteiger partial charge in [0.1, 0.15) is 5.56 Å². The van der Waals surface area contributed by atoms with E-state index in [0.717, 1.165) is 18.2 Å². The number of nitro benzene ring substituents is 1. The molecule has 0 N–H and O–H groups in total. The molecule has 2 rings (SSSR count). The fourth-order valence-corrected chi connectivity index (χ4v) is 2.12. The topological polar surface area (TPSA) is 142 Å². The zero-order chi connectivity index (χ0) is 18.0. The van der Waals surface area contributed by atoms with Crippen molar-refractivity contribution >= 4 is 34.9 Å². The largest absolute Gasteiger partial charge is 0.419 e. The quantitative estimate of drug-likeness (QED) is 0.457. The first-order valence-corrected chi connectivity index (χ1v) is 6.69. The molecule has 10 nitrogen and oxygen atoms in total. The summed E-state index contributed by atoms with van der Waals surface area (Å²) in [6, 6.07) is 1.21. The average Bonchev–Trinajstić information content (AvgIpc) is 2.45. The number of hydrogen-bond acceptors (Lipinski definition) is 7. The maximum atomic E-state index is 12.2. The minimum absolute atomic E-state index is 0.0322. The molecule has 1 heterocycles. The van der Waals surface area contributed by atoms with Gasteiger partial charge in [-0.25, -0.2) is 9.79 Å². The molecule has 0 saturated heterocycles. The van der Waals surface area contributed by atoms with Gasteiger partial charge in [-0.2, -0.15) is 0 Å². The number of nitrogens with zero attached hydrogens (tertiary/aromatic N) is 3. The lowest BCUT2D eigenvalue weighted by atomic mass is 10.1. The van der Waals surface area contributed by atoms with Crippen LogP contribution in [-0.4, -0.2) is 33.5 Å². The van der Waals surface area contributed by atoms with Crippen LogP contribution in [-0.2, 0) is 9.53 Å². The second kappa shape index (κ2) is 6.54. The second-order valence-electron chi connectivity index (χ2n) is 4.63. The first kappa shape index (κ1) is 17.2. The monoisotopic (exact) mass is 353 g/mol. The van der Waals surface area contributed by atoms with E-state index in [-0.39, 0.29) is 10.7 Å². The number of ether oxygens (including phenoxy) is 1. The van der Waals surface area contributed by atoms with Gasteiger partial charge in [-0.15, -0.1) is 0 Å². The zero-order valence-corrected chi connectivity index (χ0v) is 12.7. The van der Waals surface area contributed by atoms with Crippen LogP contribution in [0, 0.1) is 20.2 Å². The summed E-state index contributed by atoms with van der Waals surface area (Å²) in [5, 5.41) is 22.0. The van der Waals surface area contributed by atoms with Crippen molar-refractivity contribution in [1.29, 1.82) is 0 Å². The number of benzene rings is 1. The van der Waals surface area contributed by atoms with Crippen LogP contribution in [0.3, 0.4) is 0 Å². The minimum Gasteiger partial charge on any atom is -0.419 e. The van der Waals surface area contributed by atoms with Gasteiger partial charge in [0.2, 0.25) is 0 Å². The van der Waals surface area contributed by atoms with E-state index in [0.29, 0.717) is 0 Å². The number of rotatable bonds is 4. The molecule has 1 aromatic carbocycles. The first-order valence-electron chi connectivity index (χ1n) is 6.31. The maximum Gasteiger partial charge on any atom is 0.350 e. The summed E-state index contributed by atoms with van der Waals surface area (Å²) < 4.78 is 4.85. The fraction of sp³-hybridized carbons (Fsp3) is 0.154. The van der Waals surface area contributed by atoms with E-state index in [1.165, 1.54) is 13.0 Å². The number of hydrogen-bond donors (Lipinski definition) is 0. The number of esters is 1. The molecule has 0 fully saturated rings. The summed E-state index contributed by atoms with van der Waals surface area (Å²) in [5.41, 5.74) is -0.986. The molecule has 0 saturated carbocycles. The number of halogens is 1. The molecule has 0 aliphatic carbocycles. The molecule has 0 spiro atoms. The van der Waals surface area contributed by atoms with Crippen LogP contribution in [0.5, 0.6) is 0 Å². The number of aliphatic imine (C=N–C) groups is 1. The van der Waals surface area contributed by atoms with Crippen LogP contribution in [0.25, 0.3) is 0 Å². The highest BCUT2D eigenvalue weighted by molar-refractivity contribution is 6.31. The predicted molar refractivity (Wildman–Crippen MR) is 80.5 cm³/mol. The highest BCUT2D eigenvalue weighted by Crippen LogP contribution is 2.25. The van der Waals surface area contributed by atoms with Gasteiger partial charge in [0.25, 0.3) is 5.69 Å². The van der Waals surface area contributed by atoms with Crippen molar-refractivity contribution in [2.45, 2.75) is 13.0 Å². The van der Waals surface area contributed by atoms with Gasteiger partial charge < -0.3 is 4.74 Å². The third-order valence-electron chi connectivity index (χ3n) is 2.94. The Bertz CT molecular complexity index is 831. The third kappa shape index (κ3) is 3.43. The minimum atomic E-state index is -1.99. The molecular weight excluding hydrogens is 346 g/mol. The molecule has 0 aromatic heterocycles. The van der Waals surface area contributed by atoms with E-state index in [2.05, 4.69) is 4.99 Å². The van der Waals surface area contributed by atoms with Crippen molar-refractivity contribution in [2.75, 3.05) is 0 Å². The molecular formula is C13H8ClN3O7. The van der Waals surface area contributed by atoms with Gasteiger partial charge in [0.05, 0.1) is 4.92 Å². The standard InChI is InChI=1S/C13H8ClN3O7/c1-6-4-10(11(17(22)23)12(18)15-6)24-13(19)8-5-7(14)2-3-9(8)16(20)21/h2-5,11H,1H3. The summed E-state index contributed by atoms with van der Waals surface area (Å²) in [5.74, 6) is -2.93. The van der Waals surface area contributed by atoms with E-state index in [1.54, 1.807) is 0 Å². The molecule has 124 valence electrons. The SMILES string of the molecule is CC1=NC(=O)C([N+](=O)[O-])C(OC(=O)c2cc(Cl)ccc2[N+](=O)[O-])=C1. The Labute approximate surface area is 138 Å². The smallest absolute Gasteiger partial charge is 0.350 e. The van der Waals surface area contributed by atoms with Gasteiger partial charge >= 0.3 is 17.9 Å². The molecule has 1 aromatic rings. The molecule has 1 unspecified atom stereocenters. The Kier molecular flexibility index (Phi) is 4.69. The lowest BCUT2D eigenvalue weighted by Crippen LogP contribution is -2.35. The third-order valence-corrected chi connectivity index (χ3v) is 3.17. The van der Waals surface area contributed by atoms with E-state index in [4.69, 9.17) is 16.3 Å². The van der Waals surface area contributed by atoms with E-state index < -0.39 is 44.8 Å². The van der Waals surface area contributed by atoms with E-state index in [1.807, 2.05) is 0 Å². The molecule has 1 aliphatic heterocycles. The van der Waals surface area contributed by atoms with Crippen LogP contribution in [0.4, 0.5) is 5.69 Å². The van der Waals surface area contributed by atoms with Crippen LogP contribution in [0.1, 0.15) is 17.3 Å². The lowest BCUT2D eigenvalue weighted by molar-refractivity contribution is -0.501. The fourth-order valence-electron chi connectivity index (χ4n) is 1.95. The average molecular weight is 354 g/mol. The van der Waals surface area contributed by atoms with E-state index >= 15 is 0 Å². The van der Waals surface area contributed by atoms with Crippen LogP contribution in [0.2, 0.25) is 5.02 Å². The lowest BCUT2D eigenvalue weighted by Gasteiger charge is -2.14. The van der Waals surface area contributed by atoms with Gasteiger partial charge in [0.15, 0.2) is 5.76 Å². The summed E-state index contributed by atoms with van der Waals surface area (Å²) in [4.78, 5) is 47.4. The summed E-state index contributed by atoms with van der Waals surface area (Å²) in [6.07, 6.45) is 1.04. The Hall–Kier alpha value is -3.14. The van der Waals surface area contributed by atoms with Crippen molar-refractivity contribution in [3.05, 3.63) is 60.8 Å². The molecule has 0 radical (unpaired) electrons. The van der Waals surface area contributed by atoms with Gasteiger partial charge in [-0.3, -0.25) is 25.0 Å². The predicted octanol–water partition coefficient (Wildman–Crippen LogP) is 1.94. The van der Waals surface area contributed by atoms with Crippen LogP contribution < -0.4 is 0 Å². The summed E-state index contributed by atoms with van der Waals surface area (Å²) in [6.45, 7) is 1.38. The number of amides is 1. The highest BCUT2D eigenvalue weighted by Gasteiger charge is 2.40. The normalized spacial score (nSPS) is 16.9. The Balaban J connectivity index is 2.40. The molecule has 24 heavy (non-hydrogen) atoms. The summed E-state index contributed by atoms with van der Waals surface area (Å²) >= 11 is 5.71. The van der Waals surface area contributed by atoms with Gasteiger partial charge in [-0.05, 0) is 19.1 Å². The molecule has 1 amide bonds. The first-order chi connectivity index (χ1) is 11.2. The van der Waals surface area contributed by atoms with Crippen molar-refractivity contribution in [1.82, 2.24) is 0 Å². The Morgan fingerprint density at radius 2 is 2.00 bits per heavy atom. The van der Waals surface area contributed by atoms with Crippen LogP contribution >= 0.6 is 11.6 Å². The van der Waals surface area contributed by atoms with Crippen LogP contribution in [0.15, 0.2) is 35.0 Å². The van der Waals surface area contributed by atoms with Crippen molar-refractivity contribution in [2.24, 2.45) is 4.99 Å². The number of dihydropyridines is 1. The molecule has 1 atom stereocenters. The molecule has 11 heteroatoms. The number of carbonyl (C=O) groups is 2. The zero-order valence-electron chi connectivity index (χ0n) is 12.0. The maximum absolute atomic E-state index is 12.2. The van der Waals surface area contributed by atoms with Crippen molar-refractivity contribution in [3.63, 3.8) is 0 Å². The number of carbonyl (C=O) groups excluding carboxylic acids is 2. The molecule has 1 aliphatic rings. The molecule has 0 bridgehead atoms. The van der Waals surface area contributed by atoms with Crippen molar-refractivity contribution < 1.29 is 24.2 Å². The Morgan fingerprint density at radius 3 is 2.58 bits per heavy atom. The highest BCUT2D eigenvalue weighted by atomic mass is 35.5. The van der Waals surface area contributed by atoms with E-state index in [9.17, 15) is 29.8 Å². The van der Waals surface area contributed by atoms with Gasteiger partial charge in [-0.1, -0.05) is 11.6 Å². The number of nitro groups is 2. The second-order valence-corrected chi connectivity index (χ2v) is 5.07. The van der Waals surface area contributed by atoms with Crippen molar-refractivity contribution in [3.8, 4) is 0 Å². The summed E-state index contributed by atoms with van der Waals surface area (Å²) in [7, 11) is 0.